The average molecular weight is 355 g/mol. The fourth-order valence-corrected chi connectivity index (χ4v) is 3.08. The highest BCUT2D eigenvalue weighted by Gasteiger charge is 2.32. The lowest BCUT2D eigenvalue weighted by Gasteiger charge is -2.15. The topological polar surface area (TPSA) is 80.1 Å². The maximum absolute atomic E-state index is 12.6. The Balaban J connectivity index is 1.55. The number of carbonyl (C=O) groups excluding carboxylic acids is 2. The van der Waals surface area contributed by atoms with Crippen molar-refractivity contribution < 1.29 is 9.59 Å². The van der Waals surface area contributed by atoms with Gasteiger partial charge in [-0.05, 0) is 44.9 Å². The van der Waals surface area contributed by atoms with E-state index in [1.807, 2.05) is 39.1 Å². The molecule has 7 nitrogen and oxygen atoms in total. The molecule has 1 N–H and O–H groups in total. The van der Waals surface area contributed by atoms with Crippen molar-refractivity contribution in [2.24, 2.45) is 5.92 Å². The molecule has 0 aromatic carbocycles. The first-order chi connectivity index (χ1) is 12.5. The summed E-state index contributed by atoms with van der Waals surface area (Å²) in [6.07, 6.45) is 4.21. The van der Waals surface area contributed by atoms with Crippen LogP contribution in [0.15, 0.2) is 30.6 Å². The SMILES string of the molecule is Cc1cccnc1CNC(=O)C1CCN(C(=O)c2ccn(C(C)C)n2)C1. The van der Waals surface area contributed by atoms with Crippen molar-refractivity contribution in [1.82, 2.24) is 25.0 Å². The fourth-order valence-electron chi connectivity index (χ4n) is 3.08. The summed E-state index contributed by atoms with van der Waals surface area (Å²) in [4.78, 5) is 31.0. The Morgan fingerprint density at radius 3 is 2.85 bits per heavy atom. The third-order valence-corrected chi connectivity index (χ3v) is 4.75. The highest BCUT2D eigenvalue weighted by atomic mass is 16.2. The molecule has 0 bridgehead atoms. The molecule has 26 heavy (non-hydrogen) atoms. The van der Waals surface area contributed by atoms with E-state index in [2.05, 4.69) is 15.4 Å². The minimum Gasteiger partial charge on any atom is -0.350 e. The minimum absolute atomic E-state index is 0.0296. The van der Waals surface area contributed by atoms with Gasteiger partial charge in [-0.15, -0.1) is 0 Å². The molecule has 2 aromatic heterocycles. The van der Waals surface area contributed by atoms with Crippen LogP contribution in [-0.2, 0) is 11.3 Å². The van der Waals surface area contributed by atoms with Crippen LogP contribution in [0.3, 0.4) is 0 Å². The lowest BCUT2D eigenvalue weighted by molar-refractivity contribution is -0.124. The van der Waals surface area contributed by atoms with Gasteiger partial charge in [-0.25, -0.2) is 0 Å². The molecule has 1 aliphatic rings. The number of pyridine rings is 1. The van der Waals surface area contributed by atoms with Crippen LogP contribution < -0.4 is 5.32 Å². The summed E-state index contributed by atoms with van der Waals surface area (Å²) in [7, 11) is 0. The highest BCUT2D eigenvalue weighted by Crippen LogP contribution is 2.19. The highest BCUT2D eigenvalue weighted by molar-refractivity contribution is 5.93. The molecule has 0 spiro atoms. The van der Waals surface area contributed by atoms with Gasteiger partial charge in [0.15, 0.2) is 0 Å². The van der Waals surface area contributed by atoms with E-state index in [4.69, 9.17) is 0 Å². The molecule has 1 atom stereocenters. The maximum Gasteiger partial charge on any atom is 0.274 e. The molecule has 1 saturated heterocycles. The average Bonchev–Trinajstić information content (AvgIpc) is 3.30. The zero-order valence-corrected chi connectivity index (χ0v) is 15.5. The summed E-state index contributed by atoms with van der Waals surface area (Å²) < 4.78 is 1.77. The van der Waals surface area contributed by atoms with Crippen LogP contribution in [0.5, 0.6) is 0 Å². The molecule has 0 aliphatic carbocycles. The molecule has 1 aliphatic heterocycles. The van der Waals surface area contributed by atoms with E-state index >= 15 is 0 Å². The summed E-state index contributed by atoms with van der Waals surface area (Å²) in [5, 5.41) is 7.27. The lowest BCUT2D eigenvalue weighted by Crippen LogP contribution is -2.34. The van der Waals surface area contributed by atoms with E-state index in [1.165, 1.54) is 0 Å². The van der Waals surface area contributed by atoms with E-state index < -0.39 is 0 Å². The van der Waals surface area contributed by atoms with Crippen molar-refractivity contribution in [3.05, 3.63) is 47.5 Å². The quantitative estimate of drug-likeness (QED) is 0.889. The molecule has 0 radical (unpaired) electrons. The molecule has 1 unspecified atom stereocenters. The van der Waals surface area contributed by atoms with Crippen molar-refractivity contribution in [1.29, 1.82) is 0 Å². The van der Waals surface area contributed by atoms with Crippen LogP contribution >= 0.6 is 0 Å². The Morgan fingerprint density at radius 1 is 1.35 bits per heavy atom. The first-order valence-corrected chi connectivity index (χ1v) is 8.98. The Labute approximate surface area is 153 Å². The molecular formula is C19H25N5O2. The van der Waals surface area contributed by atoms with E-state index in [0.29, 0.717) is 31.7 Å². The smallest absolute Gasteiger partial charge is 0.274 e. The van der Waals surface area contributed by atoms with Gasteiger partial charge in [0.05, 0.1) is 18.2 Å². The van der Waals surface area contributed by atoms with Crippen molar-refractivity contribution in [2.45, 2.75) is 39.8 Å². The van der Waals surface area contributed by atoms with Crippen LogP contribution in [0.2, 0.25) is 0 Å². The monoisotopic (exact) mass is 355 g/mol. The number of nitrogens with zero attached hydrogens (tertiary/aromatic N) is 4. The Bertz CT molecular complexity index is 799. The number of carbonyl (C=O) groups is 2. The van der Waals surface area contributed by atoms with E-state index in [1.54, 1.807) is 21.8 Å². The molecule has 1 fully saturated rings. The van der Waals surface area contributed by atoms with Crippen molar-refractivity contribution in [3.63, 3.8) is 0 Å². The zero-order chi connectivity index (χ0) is 18.7. The normalized spacial score (nSPS) is 16.9. The summed E-state index contributed by atoms with van der Waals surface area (Å²) >= 11 is 0. The van der Waals surface area contributed by atoms with E-state index in [-0.39, 0.29) is 23.8 Å². The molecule has 2 aromatic rings. The van der Waals surface area contributed by atoms with Crippen molar-refractivity contribution in [2.75, 3.05) is 13.1 Å². The van der Waals surface area contributed by atoms with Crippen molar-refractivity contribution >= 4 is 11.8 Å². The Kier molecular flexibility index (Phi) is 5.35. The molecule has 138 valence electrons. The summed E-state index contributed by atoms with van der Waals surface area (Å²) in [5.74, 6) is -0.325. The van der Waals surface area contributed by atoms with Crippen LogP contribution in [-0.4, -0.2) is 44.6 Å². The first kappa shape index (κ1) is 18.1. The van der Waals surface area contributed by atoms with Gasteiger partial charge in [0.25, 0.3) is 5.91 Å². The molecule has 3 rings (SSSR count). The number of aryl methyl sites for hydroxylation is 1. The molecule has 7 heteroatoms. The number of amides is 2. The zero-order valence-electron chi connectivity index (χ0n) is 15.5. The second kappa shape index (κ2) is 7.68. The predicted molar refractivity (Wildman–Crippen MR) is 97.4 cm³/mol. The number of rotatable bonds is 5. The third kappa shape index (κ3) is 3.92. The molecule has 2 amide bonds. The minimum atomic E-state index is -0.185. The number of likely N-dealkylation sites (tertiary alicyclic amines) is 1. The van der Waals surface area contributed by atoms with Gasteiger partial charge in [-0.3, -0.25) is 19.3 Å². The number of nitrogens with one attached hydrogen (secondary N) is 1. The number of hydrogen-bond donors (Lipinski definition) is 1. The Hall–Kier alpha value is -2.70. The number of aromatic nitrogens is 3. The van der Waals surface area contributed by atoms with Crippen molar-refractivity contribution in [3.8, 4) is 0 Å². The van der Waals surface area contributed by atoms with Crippen LogP contribution in [0, 0.1) is 12.8 Å². The van der Waals surface area contributed by atoms with Gasteiger partial charge in [0, 0.05) is 31.5 Å². The number of hydrogen-bond acceptors (Lipinski definition) is 4. The van der Waals surface area contributed by atoms with Crippen LogP contribution in [0.1, 0.15) is 48.1 Å². The van der Waals surface area contributed by atoms with Crippen LogP contribution in [0.4, 0.5) is 0 Å². The second-order valence-electron chi connectivity index (χ2n) is 7.00. The van der Waals surface area contributed by atoms with Gasteiger partial charge in [0.1, 0.15) is 5.69 Å². The van der Waals surface area contributed by atoms with Gasteiger partial charge in [-0.1, -0.05) is 6.07 Å². The van der Waals surface area contributed by atoms with Gasteiger partial charge in [-0.2, -0.15) is 5.10 Å². The molecule has 3 heterocycles. The molecular weight excluding hydrogens is 330 g/mol. The van der Waals surface area contributed by atoms with E-state index in [0.717, 1.165) is 11.3 Å². The maximum atomic E-state index is 12.6. The summed E-state index contributed by atoms with van der Waals surface area (Å²) in [6.45, 7) is 7.42. The van der Waals surface area contributed by atoms with Gasteiger partial charge in [0.2, 0.25) is 5.91 Å². The molecule has 0 saturated carbocycles. The first-order valence-electron chi connectivity index (χ1n) is 8.98. The van der Waals surface area contributed by atoms with Gasteiger partial charge >= 0.3 is 0 Å². The third-order valence-electron chi connectivity index (χ3n) is 4.75. The Morgan fingerprint density at radius 2 is 2.15 bits per heavy atom. The standard InChI is InChI=1S/C19H25N5O2/c1-13(2)24-10-7-16(22-24)19(26)23-9-6-15(12-23)18(25)21-11-17-14(3)5-4-8-20-17/h4-5,7-8,10,13,15H,6,9,11-12H2,1-3H3,(H,21,25). The second-order valence-corrected chi connectivity index (χ2v) is 7.00. The van der Waals surface area contributed by atoms with Gasteiger partial charge < -0.3 is 10.2 Å². The predicted octanol–water partition coefficient (Wildman–Crippen LogP) is 1.95. The summed E-state index contributed by atoms with van der Waals surface area (Å²) in [5.41, 5.74) is 2.35. The fraction of sp³-hybridized carbons (Fsp3) is 0.474. The summed E-state index contributed by atoms with van der Waals surface area (Å²) in [6, 6.07) is 5.80. The lowest BCUT2D eigenvalue weighted by atomic mass is 10.1. The largest absolute Gasteiger partial charge is 0.350 e. The van der Waals surface area contributed by atoms with E-state index in [9.17, 15) is 9.59 Å². The van der Waals surface area contributed by atoms with Crippen LogP contribution in [0.25, 0.3) is 0 Å².